The number of hydrogen-bond donors (Lipinski definition) is 2. The average Bonchev–Trinajstić information content (AvgIpc) is 2.80. The number of aromatic nitrogens is 1. The third-order valence-electron chi connectivity index (χ3n) is 2.16. The molecule has 0 aliphatic carbocycles. The van der Waals surface area contributed by atoms with Crippen LogP contribution in [0.1, 0.15) is 0 Å². The summed E-state index contributed by atoms with van der Waals surface area (Å²) in [5.41, 5.74) is 0.501. The van der Waals surface area contributed by atoms with E-state index in [0.717, 1.165) is 17.4 Å². The van der Waals surface area contributed by atoms with Gasteiger partial charge < -0.3 is 5.32 Å². The second kappa shape index (κ2) is 4.91. The van der Waals surface area contributed by atoms with Crippen molar-refractivity contribution in [3.05, 3.63) is 35.6 Å². The molecule has 0 saturated heterocycles. The highest BCUT2D eigenvalue weighted by Crippen LogP contribution is 2.22. The Balaban J connectivity index is 2.35. The summed E-state index contributed by atoms with van der Waals surface area (Å²) in [6, 6.07) is 3.81. The Kier molecular flexibility index (Phi) is 3.48. The first kappa shape index (κ1) is 12.8. The molecule has 2 rings (SSSR count). The molecule has 0 amide bonds. The molecule has 0 saturated carbocycles. The minimum atomic E-state index is -3.94. The molecule has 5 nitrogen and oxygen atoms in total. The standard InChI is InChI=1S/C10H10FN3O2S2/c1-12-7-2-3-9(8(11)6-7)18(15,16)14-10-13-4-5-17-10/h2-6,12H,1H3,(H,13,14). The summed E-state index contributed by atoms with van der Waals surface area (Å²) in [5, 5.41) is 4.55. The Morgan fingerprint density at radius 1 is 1.39 bits per heavy atom. The molecule has 0 aliphatic rings. The molecular weight excluding hydrogens is 277 g/mol. The van der Waals surface area contributed by atoms with Crippen LogP contribution in [0.15, 0.2) is 34.7 Å². The van der Waals surface area contributed by atoms with Gasteiger partial charge in [-0.25, -0.2) is 17.8 Å². The number of thiazole rings is 1. The van der Waals surface area contributed by atoms with Crippen LogP contribution in [0.3, 0.4) is 0 Å². The molecule has 0 unspecified atom stereocenters. The Morgan fingerprint density at radius 2 is 2.17 bits per heavy atom. The van der Waals surface area contributed by atoms with Crippen molar-refractivity contribution in [1.82, 2.24) is 4.98 Å². The first-order valence-corrected chi connectivity index (χ1v) is 7.29. The number of anilines is 2. The molecule has 1 aromatic carbocycles. The van der Waals surface area contributed by atoms with Gasteiger partial charge in [0.05, 0.1) is 0 Å². The van der Waals surface area contributed by atoms with Gasteiger partial charge in [-0.15, -0.1) is 11.3 Å². The van der Waals surface area contributed by atoms with Gasteiger partial charge in [-0.3, -0.25) is 4.72 Å². The van der Waals surface area contributed by atoms with E-state index in [-0.39, 0.29) is 5.13 Å². The number of hydrogen-bond acceptors (Lipinski definition) is 5. The highest BCUT2D eigenvalue weighted by Gasteiger charge is 2.20. The molecule has 0 atom stereocenters. The van der Waals surface area contributed by atoms with E-state index in [9.17, 15) is 12.8 Å². The first-order valence-electron chi connectivity index (χ1n) is 4.92. The topological polar surface area (TPSA) is 71.1 Å². The molecule has 2 N–H and O–H groups in total. The van der Waals surface area contributed by atoms with Gasteiger partial charge in [-0.1, -0.05) is 0 Å². The number of sulfonamides is 1. The van der Waals surface area contributed by atoms with Crippen molar-refractivity contribution >= 4 is 32.2 Å². The minimum Gasteiger partial charge on any atom is -0.388 e. The fourth-order valence-electron chi connectivity index (χ4n) is 1.32. The van der Waals surface area contributed by atoms with Gasteiger partial charge in [0.2, 0.25) is 0 Å². The van der Waals surface area contributed by atoms with Crippen molar-refractivity contribution in [3.8, 4) is 0 Å². The van der Waals surface area contributed by atoms with Crippen molar-refractivity contribution in [2.45, 2.75) is 4.90 Å². The Hall–Kier alpha value is -1.67. The Bertz CT molecular complexity index is 641. The van der Waals surface area contributed by atoms with Gasteiger partial charge in [0.1, 0.15) is 10.7 Å². The molecule has 18 heavy (non-hydrogen) atoms. The van der Waals surface area contributed by atoms with Crippen LogP contribution in [0.5, 0.6) is 0 Å². The highest BCUT2D eigenvalue weighted by molar-refractivity contribution is 7.93. The molecular formula is C10H10FN3O2S2. The lowest BCUT2D eigenvalue weighted by Gasteiger charge is -2.07. The normalized spacial score (nSPS) is 11.2. The quantitative estimate of drug-likeness (QED) is 0.903. The summed E-state index contributed by atoms with van der Waals surface area (Å²) >= 11 is 1.12. The van der Waals surface area contributed by atoms with Crippen molar-refractivity contribution in [2.24, 2.45) is 0 Å². The van der Waals surface area contributed by atoms with Crippen LogP contribution >= 0.6 is 11.3 Å². The third-order valence-corrected chi connectivity index (χ3v) is 4.35. The fourth-order valence-corrected chi connectivity index (χ4v) is 3.17. The molecule has 1 heterocycles. The lowest BCUT2D eigenvalue weighted by atomic mass is 10.3. The van der Waals surface area contributed by atoms with E-state index in [1.807, 2.05) is 0 Å². The van der Waals surface area contributed by atoms with Crippen LogP contribution in [-0.4, -0.2) is 20.4 Å². The highest BCUT2D eigenvalue weighted by atomic mass is 32.2. The number of halogens is 1. The van der Waals surface area contributed by atoms with E-state index in [1.54, 1.807) is 12.4 Å². The number of benzene rings is 1. The van der Waals surface area contributed by atoms with E-state index >= 15 is 0 Å². The maximum atomic E-state index is 13.7. The summed E-state index contributed by atoms with van der Waals surface area (Å²) < 4.78 is 39.7. The molecule has 0 bridgehead atoms. The molecule has 1 aromatic heterocycles. The summed E-state index contributed by atoms with van der Waals surface area (Å²) in [5.74, 6) is -0.814. The maximum absolute atomic E-state index is 13.7. The average molecular weight is 287 g/mol. The van der Waals surface area contributed by atoms with Crippen LogP contribution < -0.4 is 10.0 Å². The smallest absolute Gasteiger partial charge is 0.266 e. The lowest BCUT2D eigenvalue weighted by molar-refractivity contribution is 0.570. The van der Waals surface area contributed by atoms with Crippen LogP contribution in [0.4, 0.5) is 15.2 Å². The summed E-state index contributed by atoms with van der Waals surface area (Å²) in [6.07, 6.45) is 1.46. The number of nitrogens with zero attached hydrogens (tertiary/aromatic N) is 1. The van der Waals surface area contributed by atoms with E-state index in [1.165, 1.54) is 18.3 Å². The van der Waals surface area contributed by atoms with Crippen LogP contribution in [0, 0.1) is 5.82 Å². The van der Waals surface area contributed by atoms with Crippen molar-refractivity contribution in [3.63, 3.8) is 0 Å². The molecule has 0 radical (unpaired) electrons. The van der Waals surface area contributed by atoms with Gasteiger partial charge in [-0.2, -0.15) is 0 Å². The molecule has 2 aromatic rings. The van der Waals surface area contributed by atoms with E-state index in [0.29, 0.717) is 5.69 Å². The molecule has 0 aliphatic heterocycles. The second-order valence-corrected chi connectivity index (χ2v) is 5.88. The molecule has 0 fully saturated rings. The van der Waals surface area contributed by atoms with Gasteiger partial charge >= 0.3 is 0 Å². The van der Waals surface area contributed by atoms with Crippen molar-refractivity contribution < 1.29 is 12.8 Å². The lowest BCUT2D eigenvalue weighted by Crippen LogP contribution is -2.14. The maximum Gasteiger partial charge on any atom is 0.266 e. The van der Waals surface area contributed by atoms with Crippen molar-refractivity contribution in [2.75, 3.05) is 17.1 Å². The molecule has 96 valence electrons. The fraction of sp³-hybridized carbons (Fsp3) is 0.100. The predicted molar refractivity (Wildman–Crippen MR) is 68.9 cm³/mol. The van der Waals surface area contributed by atoms with Crippen molar-refractivity contribution in [1.29, 1.82) is 0 Å². The van der Waals surface area contributed by atoms with Gasteiger partial charge in [0.15, 0.2) is 5.13 Å². The zero-order valence-corrected chi connectivity index (χ0v) is 11.0. The Morgan fingerprint density at radius 3 is 2.72 bits per heavy atom. The zero-order chi connectivity index (χ0) is 13.2. The zero-order valence-electron chi connectivity index (χ0n) is 9.34. The van der Waals surface area contributed by atoms with Crippen LogP contribution in [0.25, 0.3) is 0 Å². The third kappa shape index (κ3) is 2.59. The van der Waals surface area contributed by atoms with Gasteiger partial charge in [0, 0.05) is 24.3 Å². The predicted octanol–water partition coefficient (Wildman–Crippen LogP) is 2.12. The SMILES string of the molecule is CNc1ccc(S(=O)(=O)Nc2nccs2)c(F)c1. The van der Waals surface area contributed by atoms with Gasteiger partial charge in [0.25, 0.3) is 10.0 Å². The number of rotatable bonds is 4. The van der Waals surface area contributed by atoms with E-state index in [4.69, 9.17) is 0 Å². The van der Waals surface area contributed by atoms with Crippen LogP contribution in [-0.2, 0) is 10.0 Å². The number of nitrogens with one attached hydrogen (secondary N) is 2. The van der Waals surface area contributed by atoms with E-state index in [2.05, 4.69) is 15.0 Å². The minimum absolute atomic E-state index is 0.201. The van der Waals surface area contributed by atoms with Gasteiger partial charge in [-0.05, 0) is 18.2 Å². The summed E-state index contributed by atoms with van der Waals surface area (Å²) in [6.45, 7) is 0. The summed E-state index contributed by atoms with van der Waals surface area (Å²) in [7, 11) is -2.32. The monoisotopic (exact) mass is 287 g/mol. The molecule has 0 spiro atoms. The summed E-state index contributed by atoms with van der Waals surface area (Å²) in [4.78, 5) is 3.38. The second-order valence-electron chi connectivity index (χ2n) is 3.34. The molecule has 8 heteroatoms. The first-order chi connectivity index (χ1) is 8.53. The van der Waals surface area contributed by atoms with E-state index < -0.39 is 20.7 Å². The largest absolute Gasteiger partial charge is 0.388 e. The van der Waals surface area contributed by atoms with Crippen LogP contribution in [0.2, 0.25) is 0 Å². The Labute approximate surface area is 108 Å².